The second-order valence-corrected chi connectivity index (χ2v) is 6.01. The van der Waals surface area contributed by atoms with Gasteiger partial charge < -0.3 is 10.1 Å². The van der Waals surface area contributed by atoms with E-state index in [9.17, 15) is 0 Å². The van der Waals surface area contributed by atoms with Gasteiger partial charge in [-0.25, -0.2) is 0 Å². The smallest absolute Gasteiger partial charge is 0.122 e. The van der Waals surface area contributed by atoms with Crippen LogP contribution in [0.1, 0.15) is 51.2 Å². The van der Waals surface area contributed by atoms with Crippen LogP contribution in [-0.2, 0) is 12.8 Å². The van der Waals surface area contributed by atoms with Gasteiger partial charge in [0.2, 0.25) is 0 Å². The normalized spacial score (nSPS) is 16.6. The highest BCUT2D eigenvalue weighted by atomic mass is 16.5. The van der Waals surface area contributed by atoms with Gasteiger partial charge in [-0.15, -0.1) is 0 Å². The standard InChI is InChI=1S/C18H29NO/c1-4-6-14(3)17(19-5-2)9-7-15-8-10-18-16(13-15)11-12-20-18/h8,10,13-14,17,19H,4-7,9,11-12H2,1-3H3. The molecule has 20 heavy (non-hydrogen) atoms. The van der Waals surface area contributed by atoms with Gasteiger partial charge in [-0.1, -0.05) is 39.3 Å². The number of fused-ring (bicyclic) bond motifs is 1. The lowest BCUT2D eigenvalue weighted by atomic mass is 9.91. The quantitative estimate of drug-likeness (QED) is 0.775. The van der Waals surface area contributed by atoms with Crippen molar-refractivity contribution in [3.8, 4) is 5.75 Å². The van der Waals surface area contributed by atoms with Crippen molar-refractivity contribution >= 4 is 0 Å². The van der Waals surface area contributed by atoms with E-state index in [0.717, 1.165) is 31.2 Å². The maximum absolute atomic E-state index is 5.58. The molecule has 0 saturated carbocycles. The third kappa shape index (κ3) is 3.99. The average molecular weight is 275 g/mol. The lowest BCUT2D eigenvalue weighted by molar-refractivity contribution is 0.342. The zero-order valence-electron chi connectivity index (χ0n) is 13.2. The first-order valence-electron chi connectivity index (χ1n) is 8.22. The molecule has 0 fully saturated rings. The summed E-state index contributed by atoms with van der Waals surface area (Å²) >= 11 is 0. The lowest BCUT2D eigenvalue weighted by Gasteiger charge is -2.24. The molecule has 1 aromatic carbocycles. The predicted octanol–water partition coefficient (Wildman–Crippen LogP) is 3.97. The van der Waals surface area contributed by atoms with Crippen LogP contribution in [0.15, 0.2) is 18.2 Å². The molecule has 2 unspecified atom stereocenters. The van der Waals surface area contributed by atoms with Gasteiger partial charge in [0, 0.05) is 12.5 Å². The van der Waals surface area contributed by atoms with Gasteiger partial charge in [-0.05, 0) is 48.9 Å². The Morgan fingerprint density at radius 1 is 1.25 bits per heavy atom. The van der Waals surface area contributed by atoms with Crippen LogP contribution in [0, 0.1) is 5.92 Å². The summed E-state index contributed by atoms with van der Waals surface area (Å²) in [6.07, 6.45) is 6.06. The molecule has 0 aromatic heterocycles. The Hall–Kier alpha value is -1.02. The summed E-state index contributed by atoms with van der Waals surface area (Å²) in [6, 6.07) is 7.37. The Morgan fingerprint density at radius 3 is 2.85 bits per heavy atom. The van der Waals surface area contributed by atoms with Gasteiger partial charge in [-0.3, -0.25) is 0 Å². The van der Waals surface area contributed by atoms with E-state index in [4.69, 9.17) is 4.74 Å². The van der Waals surface area contributed by atoms with Crippen molar-refractivity contribution in [1.29, 1.82) is 0 Å². The second-order valence-electron chi connectivity index (χ2n) is 6.01. The molecule has 2 heteroatoms. The number of nitrogens with one attached hydrogen (secondary N) is 1. The zero-order valence-corrected chi connectivity index (χ0v) is 13.2. The minimum absolute atomic E-state index is 0.643. The molecular weight excluding hydrogens is 246 g/mol. The minimum Gasteiger partial charge on any atom is -0.493 e. The zero-order chi connectivity index (χ0) is 14.4. The summed E-state index contributed by atoms with van der Waals surface area (Å²) in [5.74, 6) is 1.86. The Kier molecular flexibility index (Phi) is 5.90. The Bertz CT molecular complexity index is 416. The molecule has 112 valence electrons. The molecule has 1 aromatic rings. The number of ether oxygens (including phenoxy) is 1. The highest BCUT2D eigenvalue weighted by Gasteiger charge is 2.16. The number of rotatable bonds is 8. The topological polar surface area (TPSA) is 21.3 Å². The van der Waals surface area contributed by atoms with Gasteiger partial charge in [-0.2, -0.15) is 0 Å². The molecule has 2 atom stereocenters. The number of hydrogen-bond donors (Lipinski definition) is 1. The molecule has 2 nitrogen and oxygen atoms in total. The number of hydrogen-bond acceptors (Lipinski definition) is 2. The van der Waals surface area contributed by atoms with Crippen LogP contribution in [0.3, 0.4) is 0 Å². The molecular formula is C18H29NO. The van der Waals surface area contributed by atoms with E-state index in [1.165, 1.54) is 36.8 Å². The average Bonchev–Trinajstić information content (AvgIpc) is 2.91. The molecule has 1 heterocycles. The van der Waals surface area contributed by atoms with Crippen molar-refractivity contribution in [3.63, 3.8) is 0 Å². The van der Waals surface area contributed by atoms with E-state index in [1.54, 1.807) is 0 Å². The van der Waals surface area contributed by atoms with E-state index in [1.807, 2.05) is 0 Å². The number of benzene rings is 1. The van der Waals surface area contributed by atoms with Gasteiger partial charge in [0.05, 0.1) is 6.61 Å². The first kappa shape index (κ1) is 15.4. The molecule has 1 aliphatic rings. The maximum atomic E-state index is 5.58. The Balaban J connectivity index is 1.91. The molecule has 0 bridgehead atoms. The van der Waals surface area contributed by atoms with Gasteiger partial charge in [0.1, 0.15) is 5.75 Å². The van der Waals surface area contributed by atoms with Crippen LogP contribution in [0.25, 0.3) is 0 Å². The Labute approximate surface area is 123 Å². The highest BCUT2D eigenvalue weighted by Crippen LogP contribution is 2.26. The molecule has 1 N–H and O–H groups in total. The van der Waals surface area contributed by atoms with Crippen LogP contribution < -0.4 is 10.1 Å². The van der Waals surface area contributed by atoms with Crippen molar-refractivity contribution in [3.05, 3.63) is 29.3 Å². The fraction of sp³-hybridized carbons (Fsp3) is 0.667. The molecule has 0 saturated heterocycles. The molecule has 0 amide bonds. The Morgan fingerprint density at radius 2 is 2.10 bits per heavy atom. The largest absolute Gasteiger partial charge is 0.493 e. The fourth-order valence-corrected chi connectivity index (χ4v) is 3.22. The van der Waals surface area contributed by atoms with Gasteiger partial charge >= 0.3 is 0 Å². The minimum atomic E-state index is 0.643. The van der Waals surface area contributed by atoms with Gasteiger partial charge in [0.25, 0.3) is 0 Å². The van der Waals surface area contributed by atoms with Crippen molar-refractivity contribution in [1.82, 2.24) is 5.32 Å². The van der Waals surface area contributed by atoms with E-state index in [-0.39, 0.29) is 0 Å². The summed E-state index contributed by atoms with van der Waals surface area (Å²) in [5.41, 5.74) is 2.85. The monoisotopic (exact) mass is 275 g/mol. The summed E-state index contributed by atoms with van der Waals surface area (Å²) in [5, 5.41) is 3.67. The van der Waals surface area contributed by atoms with Crippen LogP contribution in [0.5, 0.6) is 5.75 Å². The molecule has 2 rings (SSSR count). The lowest BCUT2D eigenvalue weighted by Crippen LogP contribution is -2.35. The summed E-state index contributed by atoms with van der Waals surface area (Å²) in [7, 11) is 0. The van der Waals surface area contributed by atoms with Crippen molar-refractivity contribution in [2.24, 2.45) is 5.92 Å². The predicted molar refractivity (Wildman–Crippen MR) is 85.5 cm³/mol. The second kappa shape index (κ2) is 7.68. The third-order valence-corrected chi connectivity index (χ3v) is 4.40. The maximum Gasteiger partial charge on any atom is 0.122 e. The summed E-state index contributed by atoms with van der Waals surface area (Å²) in [4.78, 5) is 0. The first-order chi connectivity index (χ1) is 9.74. The van der Waals surface area contributed by atoms with Crippen LogP contribution >= 0.6 is 0 Å². The van der Waals surface area contributed by atoms with Crippen LogP contribution in [0.4, 0.5) is 0 Å². The number of aryl methyl sites for hydroxylation is 1. The highest BCUT2D eigenvalue weighted by molar-refractivity contribution is 5.39. The van der Waals surface area contributed by atoms with Crippen molar-refractivity contribution in [2.75, 3.05) is 13.2 Å². The van der Waals surface area contributed by atoms with E-state index < -0.39 is 0 Å². The third-order valence-electron chi connectivity index (χ3n) is 4.40. The van der Waals surface area contributed by atoms with E-state index in [0.29, 0.717) is 6.04 Å². The first-order valence-corrected chi connectivity index (χ1v) is 8.22. The van der Waals surface area contributed by atoms with Crippen LogP contribution in [0.2, 0.25) is 0 Å². The molecule has 1 aliphatic heterocycles. The van der Waals surface area contributed by atoms with Gasteiger partial charge in [0.15, 0.2) is 0 Å². The fourth-order valence-electron chi connectivity index (χ4n) is 3.22. The molecule has 0 radical (unpaired) electrons. The van der Waals surface area contributed by atoms with Crippen LogP contribution in [-0.4, -0.2) is 19.2 Å². The molecule has 0 spiro atoms. The summed E-state index contributed by atoms with van der Waals surface area (Å²) < 4.78 is 5.58. The summed E-state index contributed by atoms with van der Waals surface area (Å²) in [6.45, 7) is 8.79. The van der Waals surface area contributed by atoms with Crippen molar-refractivity contribution < 1.29 is 4.74 Å². The van der Waals surface area contributed by atoms with E-state index >= 15 is 0 Å². The van der Waals surface area contributed by atoms with Crippen molar-refractivity contribution in [2.45, 2.75) is 58.9 Å². The van der Waals surface area contributed by atoms with E-state index in [2.05, 4.69) is 44.3 Å². The molecule has 0 aliphatic carbocycles. The SMILES string of the molecule is CCCC(C)C(CCc1ccc2c(c1)CCO2)NCC.